The second-order valence-corrected chi connectivity index (χ2v) is 6.32. The van der Waals surface area contributed by atoms with Crippen molar-refractivity contribution in [3.05, 3.63) is 22.4 Å². The van der Waals surface area contributed by atoms with Gasteiger partial charge in [0.05, 0.1) is 18.6 Å². The fraction of sp³-hybridized carbons (Fsp3) is 0.643. The highest BCUT2D eigenvalue weighted by molar-refractivity contribution is 7.09. The van der Waals surface area contributed by atoms with Gasteiger partial charge in [-0.05, 0) is 31.3 Å². The molecule has 0 bridgehead atoms. The van der Waals surface area contributed by atoms with Crippen molar-refractivity contribution in [2.45, 2.75) is 19.9 Å². The summed E-state index contributed by atoms with van der Waals surface area (Å²) in [6, 6.07) is 4.10. The summed E-state index contributed by atoms with van der Waals surface area (Å²) in [4.78, 5) is 15.9. The van der Waals surface area contributed by atoms with Crippen molar-refractivity contribution in [2.24, 2.45) is 5.41 Å². The van der Waals surface area contributed by atoms with E-state index in [0.717, 1.165) is 19.5 Å². The molecule has 4 nitrogen and oxygen atoms in total. The highest BCUT2D eigenvalue weighted by Gasteiger charge is 2.39. The molecule has 0 aromatic carbocycles. The number of hydrogen-bond acceptors (Lipinski definition) is 4. The molecule has 5 heteroatoms. The topological polar surface area (TPSA) is 41.6 Å². The molecule has 1 saturated heterocycles. The van der Waals surface area contributed by atoms with Crippen molar-refractivity contribution in [3.63, 3.8) is 0 Å². The molecule has 1 aromatic rings. The summed E-state index contributed by atoms with van der Waals surface area (Å²) in [6.45, 7) is 5.70. The molecule has 2 rings (SSSR count). The first-order valence-corrected chi connectivity index (χ1v) is 7.55. The number of hydrogen-bond donors (Lipinski definition) is 1. The minimum Gasteiger partial charge on any atom is -0.383 e. The molecule has 1 aliphatic heterocycles. The Hall–Kier alpha value is -0.910. The molecule has 1 unspecified atom stereocenters. The SMILES string of the molecule is COCCN(Cc1cccs1)C(=O)C1(C)CCNC1. The Kier molecular flexibility index (Phi) is 4.96. The minimum absolute atomic E-state index is 0.239. The van der Waals surface area contributed by atoms with E-state index in [1.807, 2.05) is 16.3 Å². The summed E-state index contributed by atoms with van der Waals surface area (Å²) in [7, 11) is 1.67. The van der Waals surface area contributed by atoms with Gasteiger partial charge in [0.25, 0.3) is 0 Å². The molecule has 1 N–H and O–H groups in total. The predicted molar refractivity (Wildman–Crippen MR) is 77.2 cm³/mol. The Bertz CT molecular complexity index is 400. The van der Waals surface area contributed by atoms with E-state index in [9.17, 15) is 4.79 Å². The zero-order valence-electron chi connectivity index (χ0n) is 11.6. The molecule has 1 aromatic heterocycles. The Morgan fingerprint density at radius 2 is 2.47 bits per heavy atom. The van der Waals surface area contributed by atoms with Gasteiger partial charge in [-0.1, -0.05) is 6.07 Å². The molecule has 19 heavy (non-hydrogen) atoms. The number of thiophene rings is 1. The number of carbonyl (C=O) groups excluding carboxylic acids is 1. The minimum atomic E-state index is -0.259. The second kappa shape index (κ2) is 6.50. The van der Waals surface area contributed by atoms with Crippen LogP contribution in [-0.2, 0) is 16.1 Å². The predicted octanol–water partition coefficient (Wildman–Crippen LogP) is 1.72. The number of carbonyl (C=O) groups is 1. The van der Waals surface area contributed by atoms with Crippen LogP contribution in [-0.4, -0.2) is 44.2 Å². The van der Waals surface area contributed by atoms with Crippen LogP contribution < -0.4 is 5.32 Å². The zero-order chi connectivity index (χ0) is 13.7. The summed E-state index contributed by atoms with van der Waals surface area (Å²) in [5.41, 5.74) is -0.259. The van der Waals surface area contributed by atoms with Gasteiger partial charge in [-0.2, -0.15) is 0 Å². The quantitative estimate of drug-likeness (QED) is 0.864. The maximum absolute atomic E-state index is 12.7. The first-order chi connectivity index (χ1) is 9.15. The van der Waals surface area contributed by atoms with Crippen LogP contribution in [0.1, 0.15) is 18.2 Å². The van der Waals surface area contributed by atoms with Crippen LogP contribution in [0.4, 0.5) is 0 Å². The van der Waals surface area contributed by atoms with Crippen molar-refractivity contribution < 1.29 is 9.53 Å². The molecular weight excluding hydrogens is 260 g/mol. The maximum atomic E-state index is 12.7. The Morgan fingerprint density at radius 1 is 1.63 bits per heavy atom. The molecule has 0 saturated carbocycles. The van der Waals surface area contributed by atoms with Crippen LogP contribution in [0.2, 0.25) is 0 Å². The van der Waals surface area contributed by atoms with Gasteiger partial charge in [0.15, 0.2) is 0 Å². The number of methoxy groups -OCH3 is 1. The average molecular weight is 282 g/mol. The summed E-state index contributed by atoms with van der Waals surface area (Å²) in [5, 5.41) is 5.34. The number of ether oxygens (including phenoxy) is 1. The summed E-state index contributed by atoms with van der Waals surface area (Å²) < 4.78 is 5.13. The molecule has 0 aliphatic carbocycles. The van der Waals surface area contributed by atoms with Crippen LogP contribution in [0.3, 0.4) is 0 Å². The van der Waals surface area contributed by atoms with Crippen molar-refractivity contribution in [3.8, 4) is 0 Å². The van der Waals surface area contributed by atoms with E-state index < -0.39 is 0 Å². The standard InChI is InChI=1S/C14H22N2O2S/c1-14(5-6-15-11-14)13(17)16(7-8-18-2)10-12-4-3-9-19-12/h3-4,9,15H,5-8,10-11H2,1-2H3. The molecule has 1 aliphatic rings. The molecule has 1 atom stereocenters. The second-order valence-electron chi connectivity index (χ2n) is 5.29. The maximum Gasteiger partial charge on any atom is 0.230 e. The lowest BCUT2D eigenvalue weighted by Gasteiger charge is -2.31. The Labute approximate surface area is 118 Å². The first kappa shape index (κ1) is 14.5. The van der Waals surface area contributed by atoms with Gasteiger partial charge in [-0.3, -0.25) is 4.79 Å². The van der Waals surface area contributed by atoms with E-state index in [2.05, 4.69) is 18.3 Å². The van der Waals surface area contributed by atoms with Crippen LogP contribution >= 0.6 is 11.3 Å². The summed E-state index contributed by atoms with van der Waals surface area (Å²) in [6.07, 6.45) is 0.916. The van der Waals surface area contributed by atoms with Crippen LogP contribution in [0.5, 0.6) is 0 Å². The first-order valence-electron chi connectivity index (χ1n) is 6.67. The van der Waals surface area contributed by atoms with Crippen molar-refractivity contribution in [1.29, 1.82) is 0 Å². The lowest BCUT2D eigenvalue weighted by Crippen LogP contribution is -2.44. The fourth-order valence-corrected chi connectivity index (χ4v) is 3.15. The lowest BCUT2D eigenvalue weighted by molar-refractivity contribution is -0.141. The molecule has 0 radical (unpaired) electrons. The van der Waals surface area contributed by atoms with Gasteiger partial charge in [-0.15, -0.1) is 11.3 Å². The Balaban J connectivity index is 2.05. The third-order valence-electron chi connectivity index (χ3n) is 3.66. The van der Waals surface area contributed by atoms with Crippen molar-refractivity contribution in [1.82, 2.24) is 10.2 Å². The third-order valence-corrected chi connectivity index (χ3v) is 4.53. The summed E-state index contributed by atoms with van der Waals surface area (Å²) >= 11 is 1.69. The van der Waals surface area contributed by atoms with E-state index in [4.69, 9.17) is 4.74 Å². The number of amides is 1. The number of nitrogens with one attached hydrogen (secondary N) is 1. The van der Waals surface area contributed by atoms with Gasteiger partial charge in [-0.25, -0.2) is 0 Å². The fourth-order valence-electron chi connectivity index (χ4n) is 2.43. The Morgan fingerprint density at radius 3 is 3.05 bits per heavy atom. The third kappa shape index (κ3) is 3.55. The lowest BCUT2D eigenvalue weighted by atomic mass is 9.88. The van der Waals surface area contributed by atoms with Crippen LogP contribution in [0, 0.1) is 5.41 Å². The van der Waals surface area contributed by atoms with Gasteiger partial charge in [0.2, 0.25) is 5.91 Å². The number of rotatable bonds is 6. The van der Waals surface area contributed by atoms with Crippen molar-refractivity contribution >= 4 is 17.2 Å². The van der Waals surface area contributed by atoms with E-state index in [1.165, 1.54) is 4.88 Å². The smallest absolute Gasteiger partial charge is 0.230 e. The van der Waals surface area contributed by atoms with Gasteiger partial charge in [0, 0.05) is 25.1 Å². The van der Waals surface area contributed by atoms with Crippen molar-refractivity contribution in [2.75, 3.05) is 33.4 Å². The highest BCUT2D eigenvalue weighted by atomic mass is 32.1. The summed E-state index contributed by atoms with van der Waals surface area (Å²) in [5.74, 6) is 0.239. The number of nitrogens with zero attached hydrogens (tertiary/aromatic N) is 1. The van der Waals surface area contributed by atoms with Crippen LogP contribution in [0.25, 0.3) is 0 Å². The zero-order valence-corrected chi connectivity index (χ0v) is 12.5. The van der Waals surface area contributed by atoms with Crippen LogP contribution in [0.15, 0.2) is 17.5 Å². The van der Waals surface area contributed by atoms with Gasteiger partial charge >= 0.3 is 0 Å². The molecule has 1 amide bonds. The molecule has 0 spiro atoms. The molecule has 106 valence electrons. The average Bonchev–Trinajstić information content (AvgIpc) is 3.06. The largest absolute Gasteiger partial charge is 0.383 e. The normalized spacial score (nSPS) is 22.6. The van der Waals surface area contributed by atoms with E-state index in [1.54, 1.807) is 18.4 Å². The highest BCUT2D eigenvalue weighted by Crippen LogP contribution is 2.28. The molecule has 1 fully saturated rings. The van der Waals surface area contributed by atoms with E-state index in [0.29, 0.717) is 19.7 Å². The molecular formula is C14H22N2O2S. The van der Waals surface area contributed by atoms with E-state index in [-0.39, 0.29) is 11.3 Å². The van der Waals surface area contributed by atoms with E-state index >= 15 is 0 Å². The van der Waals surface area contributed by atoms with Gasteiger partial charge < -0.3 is 15.0 Å². The monoisotopic (exact) mass is 282 g/mol. The van der Waals surface area contributed by atoms with Gasteiger partial charge in [0.1, 0.15) is 0 Å². The molecule has 2 heterocycles.